The number of H-pyrrole nitrogens is 1. The number of rotatable bonds is 4. The van der Waals surface area contributed by atoms with Crippen LogP contribution in [-0.2, 0) is 6.18 Å². The van der Waals surface area contributed by atoms with E-state index in [4.69, 9.17) is 0 Å². The fourth-order valence-corrected chi connectivity index (χ4v) is 4.50. The monoisotopic (exact) mass is 430 g/mol. The summed E-state index contributed by atoms with van der Waals surface area (Å²) < 4.78 is 41.3. The zero-order valence-electron chi connectivity index (χ0n) is 17.1. The molecule has 4 heterocycles. The number of aromatic amines is 1. The standard InChI is InChI=1S/C22H25F3N6/c23-22(24,25)18-13-28-21(29-14-4-3-7-26-11-14)30-20(18)17-12-27-19-10-15(5-6-16(17)19)31-8-1-2-9-31/h5-6,10,12-14,26-27H,1-4,7-9,11H2,(H,28,29,30). The Balaban J connectivity index is 1.53. The van der Waals surface area contributed by atoms with Crippen molar-refractivity contribution in [2.75, 3.05) is 36.4 Å². The van der Waals surface area contributed by atoms with Gasteiger partial charge in [-0.2, -0.15) is 13.2 Å². The van der Waals surface area contributed by atoms with E-state index < -0.39 is 11.7 Å². The molecule has 1 aromatic carbocycles. The van der Waals surface area contributed by atoms with E-state index in [2.05, 4.69) is 30.5 Å². The van der Waals surface area contributed by atoms with Crippen LogP contribution in [0, 0.1) is 0 Å². The van der Waals surface area contributed by atoms with Crippen LogP contribution in [0.15, 0.2) is 30.6 Å². The zero-order valence-corrected chi connectivity index (χ0v) is 17.1. The molecule has 31 heavy (non-hydrogen) atoms. The number of hydrogen-bond acceptors (Lipinski definition) is 5. The van der Waals surface area contributed by atoms with Gasteiger partial charge >= 0.3 is 6.18 Å². The lowest BCUT2D eigenvalue weighted by Crippen LogP contribution is -2.38. The van der Waals surface area contributed by atoms with E-state index in [9.17, 15) is 13.2 Å². The third-order valence-electron chi connectivity index (χ3n) is 6.12. The molecule has 2 aromatic heterocycles. The first kappa shape index (κ1) is 20.1. The van der Waals surface area contributed by atoms with Gasteiger partial charge in [0.25, 0.3) is 0 Å². The van der Waals surface area contributed by atoms with Gasteiger partial charge in [0.15, 0.2) is 0 Å². The van der Waals surface area contributed by atoms with Crippen LogP contribution in [0.5, 0.6) is 0 Å². The highest BCUT2D eigenvalue weighted by Gasteiger charge is 2.36. The summed E-state index contributed by atoms with van der Waals surface area (Å²) in [6, 6.07) is 5.97. The van der Waals surface area contributed by atoms with Gasteiger partial charge in [0, 0.05) is 60.2 Å². The highest BCUT2D eigenvalue weighted by Crippen LogP contribution is 2.39. The minimum atomic E-state index is -4.54. The Morgan fingerprint density at radius 2 is 1.97 bits per heavy atom. The van der Waals surface area contributed by atoms with Crippen LogP contribution in [0.2, 0.25) is 0 Å². The minimum Gasteiger partial charge on any atom is -0.371 e. The first-order chi connectivity index (χ1) is 15.0. The van der Waals surface area contributed by atoms with Gasteiger partial charge in [-0.05, 0) is 44.4 Å². The van der Waals surface area contributed by atoms with Gasteiger partial charge in [-0.25, -0.2) is 9.97 Å². The molecule has 1 unspecified atom stereocenters. The quantitative estimate of drug-likeness (QED) is 0.572. The molecule has 2 aliphatic rings. The summed E-state index contributed by atoms with van der Waals surface area (Å²) in [6.45, 7) is 3.71. The molecule has 0 bridgehead atoms. The average molecular weight is 430 g/mol. The van der Waals surface area contributed by atoms with Crippen LogP contribution in [0.25, 0.3) is 22.2 Å². The third-order valence-corrected chi connectivity index (χ3v) is 6.12. The predicted octanol–water partition coefficient (Wildman–Crippen LogP) is 4.41. The topological polar surface area (TPSA) is 68.9 Å². The molecule has 3 aromatic rings. The van der Waals surface area contributed by atoms with Crippen molar-refractivity contribution in [3.05, 3.63) is 36.2 Å². The molecular formula is C22H25F3N6. The van der Waals surface area contributed by atoms with Crippen molar-refractivity contribution in [1.82, 2.24) is 20.3 Å². The van der Waals surface area contributed by atoms with Gasteiger partial charge < -0.3 is 20.5 Å². The molecule has 0 spiro atoms. The largest absolute Gasteiger partial charge is 0.419 e. The van der Waals surface area contributed by atoms with Crippen LogP contribution in [0.1, 0.15) is 31.2 Å². The van der Waals surface area contributed by atoms with E-state index in [1.54, 1.807) is 6.20 Å². The first-order valence-corrected chi connectivity index (χ1v) is 10.8. The molecule has 164 valence electrons. The summed E-state index contributed by atoms with van der Waals surface area (Å²) in [7, 11) is 0. The molecule has 0 radical (unpaired) electrons. The maximum atomic E-state index is 13.8. The molecule has 0 amide bonds. The van der Waals surface area contributed by atoms with Crippen molar-refractivity contribution >= 4 is 22.5 Å². The van der Waals surface area contributed by atoms with Crippen molar-refractivity contribution in [2.24, 2.45) is 0 Å². The Bertz CT molecular complexity index is 1060. The number of piperidine rings is 1. The van der Waals surface area contributed by atoms with Gasteiger partial charge in [0.05, 0.1) is 5.69 Å². The molecule has 9 heteroatoms. The minimum absolute atomic E-state index is 0.101. The molecule has 2 fully saturated rings. The summed E-state index contributed by atoms with van der Waals surface area (Å²) >= 11 is 0. The maximum absolute atomic E-state index is 13.8. The number of aromatic nitrogens is 3. The van der Waals surface area contributed by atoms with Crippen LogP contribution in [0.3, 0.4) is 0 Å². The highest BCUT2D eigenvalue weighted by molar-refractivity contribution is 5.97. The molecule has 1 atom stereocenters. The third kappa shape index (κ3) is 4.06. The number of benzene rings is 1. The lowest BCUT2D eigenvalue weighted by molar-refractivity contribution is -0.137. The first-order valence-electron chi connectivity index (χ1n) is 10.8. The van der Waals surface area contributed by atoms with E-state index in [0.29, 0.717) is 5.56 Å². The van der Waals surface area contributed by atoms with Gasteiger partial charge in [-0.15, -0.1) is 0 Å². The number of nitrogens with zero attached hydrogens (tertiary/aromatic N) is 3. The van der Waals surface area contributed by atoms with Crippen molar-refractivity contribution < 1.29 is 13.2 Å². The number of alkyl halides is 3. The number of anilines is 2. The normalized spacial score (nSPS) is 19.8. The van der Waals surface area contributed by atoms with Gasteiger partial charge in [0.1, 0.15) is 5.56 Å². The van der Waals surface area contributed by atoms with Crippen LogP contribution in [-0.4, -0.2) is 47.2 Å². The fourth-order valence-electron chi connectivity index (χ4n) is 4.50. The second kappa shape index (κ2) is 8.03. The van der Waals surface area contributed by atoms with Crippen LogP contribution >= 0.6 is 0 Å². The van der Waals surface area contributed by atoms with E-state index >= 15 is 0 Å². The molecule has 0 saturated carbocycles. The Morgan fingerprint density at radius 1 is 1.13 bits per heavy atom. The molecule has 2 saturated heterocycles. The summed E-state index contributed by atoms with van der Waals surface area (Å²) in [6.07, 6.45) is 2.22. The zero-order chi connectivity index (χ0) is 21.4. The van der Waals surface area contributed by atoms with Crippen molar-refractivity contribution in [2.45, 2.75) is 37.9 Å². The number of nitrogens with one attached hydrogen (secondary N) is 3. The smallest absolute Gasteiger partial charge is 0.371 e. The van der Waals surface area contributed by atoms with Gasteiger partial charge in [0.2, 0.25) is 5.95 Å². The summed E-state index contributed by atoms with van der Waals surface area (Å²) in [4.78, 5) is 13.7. The number of hydrogen-bond donors (Lipinski definition) is 3. The van der Waals surface area contributed by atoms with Gasteiger partial charge in [-0.3, -0.25) is 0 Å². The van der Waals surface area contributed by atoms with E-state index in [1.807, 2.05) is 18.2 Å². The van der Waals surface area contributed by atoms with Gasteiger partial charge in [-0.1, -0.05) is 6.07 Å². The maximum Gasteiger partial charge on any atom is 0.419 e. The summed E-state index contributed by atoms with van der Waals surface area (Å²) in [5, 5.41) is 7.19. The number of fused-ring (bicyclic) bond motifs is 1. The Labute approximate surface area is 178 Å². The molecule has 0 aliphatic carbocycles. The predicted molar refractivity (Wildman–Crippen MR) is 115 cm³/mol. The lowest BCUT2D eigenvalue weighted by atomic mass is 10.1. The van der Waals surface area contributed by atoms with Crippen LogP contribution < -0.4 is 15.5 Å². The summed E-state index contributed by atoms with van der Waals surface area (Å²) in [5.41, 5.74) is 1.39. The van der Waals surface area contributed by atoms with Crippen LogP contribution in [0.4, 0.5) is 24.8 Å². The van der Waals surface area contributed by atoms with E-state index in [1.165, 1.54) is 0 Å². The second-order valence-electron chi connectivity index (χ2n) is 8.27. The number of halogens is 3. The molecule has 6 nitrogen and oxygen atoms in total. The van der Waals surface area contributed by atoms with E-state index in [0.717, 1.165) is 74.6 Å². The second-order valence-corrected chi connectivity index (χ2v) is 8.27. The Kier molecular flexibility index (Phi) is 5.21. The molecular weight excluding hydrogens is 405 g/mol. The van der Waals surface area contributed by atoms with Crippen molar-refractivity contribution in [3.63, 3.8) is 0 Å². The summed E-state index contributed by atoms with van der Waals surface area (Å²) in [5.74, 6) is 0.222. The lowest BCUT2D eigenvalue weighted by Gasteiger charge is -2.24. The fraction of sp³-hybridized carbons (Fsp3) is 0.455. The Morgan fingerprint density at radius 3 is 2.71 bits per heavy atom. The van der Waals surface area contributed by atoms with Crippen molar-refractivity contribution in [1.29, 1.82) is 0 Å². The molecule has 5 rings (SSSR count). The SMILES string of the molecule is FC(F)(F)c1cnc(NC2CCCNC2)nc1-c1c[nH]c2cc(N3CCCC3)ccc12. The molecule has 3 N–H and O–H groups in total. The molecule has 2 aliphatic heterocycles. The van der Waals surface area contributed by atoms with Crippen molar-refractivity contribution in [3.8, 4) is 11.3 Å². The average Bonchev–Trinajstić information content (AvgIpc) is 3.43. The Hall–Kier alpha value is -2.81. The highest BCUT2D eigenvalue weighted by atomic mass is 19.4. The van der Waals surface area contributed by atoms with E-state index in [-0.39, 0.29) is 17.7 Å².